The molecular formula is C24H22FN5O. The van der Waals surface area contributed by atoms with Crippen LogP contribution in [-0.4, -0.2) is 37.3 Å². The van der Waals surface area contributed by atoms with Gasteiger partial charge in [0.25, 0.3) is 5.56 Å². The predicted octanol–water partition coefficient (Wildman–Crippen LogP) is 3.46. The Morgan fingerprint density at radius 2 is 1.97 bits per heavy atom. The Labute approximate surface area is 178 Å². The highest BCUT2D eigenvalue weighted by molar-refractivity contribution is 5.86. The van der Waals surface area contributed by atoms with Crippen molar-refractivity contribution >= 4 is 10.9 Å². The zero-order valence-electron chi connectivity index (χ0n) is 17.0. The number of hydrogen-bond donors (Lipinski definition) is 0. The molecule has 6 heterocycles. The quantitative estimate of drug-likeness (QED) is 0.514. The van der Waals surface area contributed by atoms with Gasteiger partial charge in [-0.15, -0.1) is 0 Å². The van der Waals surface area contributed by atoms with Crippen LogP contribution in [-0.2, 0) is 13.1 Å². The van der Waals surface area contributed by atoms with E-state index in [9.17, 15) is 9.18 Å². The van der Waals surface area contributed by atoms with Crippen molar-refractivity contribution in [2.45, 2.75) is 31.8 Å². The van der Waals surface area contributed by atoms with Gasteiger partial charge in [-0.3, -0.25) is 9.69 Å². The van der Waals surface area contributed by atoms with Crippen LogP contribution in [0.4, 0.5) is 4.39 Å². The van der Waals surface area contributed by atoms with Crippen molar-refractivity contribution in [3.8, 4) is 5.82 Å². The third-order valence-electron chi connectivity index (χ3n) is 6.61. The number of nitrogens with zero attached hydrogens (tertiary/aromatic N) is 5. The Bertz CT molecular complexity index is 1330. The molecule has 0 radical (unpaired) electrons. The number of halogens is 1. The summed E-state index contributed by atoms with van der Waals surface area (Å²) in [4.78, 5) is 19.0. The Morgan fingerprint density at radius 3 is 2.74 bits per heavy atom. The van der Waals surface area contributed by atoms with Gasteiger partial charge >= 0.3 is 0 Å². The third-order valence-corrected chi connectivity index (χ3v) is 6.61. The first-order valence-electron chi connectivity index (χ1n) is 10.7. The Balaban J connectivity index is 1.43. The van der Waals surface area contributed by atoms with Crippen molar-refractivity contribution in [3.63, 3.8) is 0 Å². The van der Waals surface area contributed by atoms with Gasteiger partial charge in [0.1, 0.15) is 5.82 Å². The lowest BCUT2D eigenvalue weighted by Crippen LogP contribution is -2.29. The van der Waals surface area contributed by atoms with Gasteiger partial charge in [0.2, 0.25) is 0 Å². The highest BCUT2D eigenvalue weighted by atomic mass is 19.1. The number of piperidine rings is 1. The van der Waals surface area contributed by atoms with E-state index in [-0.39, 0.29) is 11.4 Å². The van der Waals surface area contributed by atoms with Crippen LogP contribution in [0, 0.1) is 5.82 Å². The fourth-order valence-corrected chi connectivity index (χ4v) is 5.16. The molecule has 2 bridgehead atoms. The number of rotatable bonds is 3. The van der Waals surface area contributed by atoms with E-state index in [1.54, 1.807) is 30.6 Å². The normalized spacial score (nSPS) is 20.0. The summed E-state index contributed by atoms with van der Waals surface area (Å²) in [5.74, 6) is 0.813. The maximum absolute atomic E-state index is 14.1. The molecule has 31 heavy (non-hydrogen) atoms. The molecule has 1 saturated heterocycles. The van der Waals surface area contributed by atoms with Crippen molar-refractivity contribution in [1.29, 1.82) is 0 Å². The Hall–Kier alpha value is -3.32. The van der Waals surface area contributed by atoms with E-state index in [4.69, 9.17) is 0 Å². The molecule has 3 aromatic heterocycles. The summed E-state index contributed by atoms with van der Waals surface area (Å²) in [6.07, 6.45) is 5.66. The number of pyridine rings is 1. The predicted molar refractivity (Wildman–Crippen MR) is 116 cm³/mol. The van der Waals surface area contributed by atoms with Gasteiger partial charge in [-0.05, 0) is 67.4 Å². The second-order valence-electron chi connectivity index (χ2n) is 8.46. The highest BCUT2D eigenvalue weighted by Crippen LogP contribution is 2.41. The highest BCUT2D eigenvalue weighted by Gasteiger charge is 2.32. The zero-order chi connectivity index (χ0) is 20.9. The molecule has 0 N–H and O–H groups in total. The molecule has 1 aromatic carbocycles. The van der Waals surface area contributed by atoms with Crippen molar-refractivity contribution in [3.05, 3.63) is 87.9 Å². The van der Waals surface area contributed by atoms with E-state index >= 15 is 0 Å². The number of aromatic nitrogens is 4. The Kier molecular flexibility index (Phi) is 4.24. The average molecular weight is 415 g/mol. The molecule has 1 fully saturated rings. The van der Waals surface area contributed by atoms with Crippen molar-refractivity contribution in [2.24, 2.45) is 0 Å². The second kappa shape index (κ2) is 7.13. The minimum atomic E-state index is -0.211. The SMILES string of the molecule is O=c1cccnn1-c1ccc(Cn2c3c(c4cc(F)ccc42)CN2CCC3CC2)cn1. The van der Waals surface area contributed by atoms with Gasteiger partial charge in [0.15, 0.2) is 5.82 Å². The topological polar surface area (TPSA) is 56.0 Å². The van der Waals surface area contributed by atoms with E-state index < -0.39 is 0 Å². The van der Waals surface area contributed by atoms with Crippen LogP contribution < -0.4 is 5.56 Å². The molecule has 7 heteroatoms. The van der Waals surface area contributed by atoms with Crippen molar-refractivity contribution in [2.75, 3.05) is 13.1 Å². The van der Waals surface area contributed by atoms with Gasteiger partial charge in [-0.1, -0.05) is 6.07 Å². The molecular weight excluding hydrogens is 393 g/mol. The smallest absolute Gasteiger partial charge is 0.272 e. The third kappa shape index (κ3) is 3.08. The monoisotopic (exact) mass is 415 g/mol. The molecule has 156 valence electrons. The van der Waals surface area contributed by atoms with E-state index in [1.807, 2.05) is 18.2 Å². The summed E-state index contributed by atoms with van der Waals surface area (Å²) in [6.45, 7) is 3.76. The first-order valence-corrected chi connectivity index (χ1v) is 10.7. The maximum atomic E-state index is 14.1. The maximum Gasteiger partial charge on any atom is 0.272 e. The Morgan fingerprint density at radius 1 is 1.10 bits per heavy atom. The summed E-state index contributed by atoms with van der Waals surface area (Å²) in [7, 11) is 0. The fraction of sp³-hybridized carbons (Fsp3) is 0.292. The van der Waals surface area contributed by atoms with Crippen LogP contribution in [0.1, 0.15) is 35.6 Å². The van der Waals surface area contributed by atoms with E-state index in [2.05, 4.69) is 19.5 Å². The van der Waals surface area contributed by atoms with Crippen LogP contribution in [0.2, 0.25) is 0 Å². The van der Waals surface area contributed by atoms with E-state index in [0.717, 1.165) is 48.9 Å². The van der Waals surface area contributed by atoms with Crippen LogP contribution in [0.3, 0.4) is 0 Å². The van der Waals surface area contributed by atoms with Crippen molar-refractivity contribution < 1.29 is 4.39 Å². The molecule has 0 aliphatic carbocycles. The minimum absolute atomic E-state index is 0.189. The summed E-state index contributed by atoms with van der Waals surface area (Å²) in [5, 5.41) is 5.12. The van der Waals surface area contributed by atoms with Gasteiger partial charge in [0.05, 0.1) is 0 Å². The minimum Gasteiger partial charge on any atom is -0.339 e. The number of fused-ring (bicyclic) bond motifs is 3. The molecule has 7 rings (SSSR count). The molecule has 3 aliphatic rings. The summed E-state index contributed by atoms with van der Waals surface area (Å²) in [5.41, 5.74) is 4.53. The van der Waals surface area contributed by atoms with Gasteiger partial charge in [0, 0.05) is 54.1 Å². The summed E-state index contributed by atoms with van der Waals surface area (Å²) >= 11 is 0. The second-order valence-corrected chi connectivity index (χ2v) is 8.46. The van der Waals surface area contributed by atoms with E-state index in [1.165, 1.54) is 22.0 Å². The van der Waals surface area contributed by atoms with Crippen LogP contribution >= 0.6 is 0 Å². The fourth-order valence-electron chi connectivity index (χ4n) is 5.16. The van der Waals surface area contributed by atoms with Crippen LogP contribution in [0.25, 0.3) is 16.7 Å². The van der Waals surface area contributed by atoms with Gasteiger partial charge in [-0.2, -0.15) is 9.78 Å². The molecule has 0 spiro atoms. The first-order chi connectivity index (χ1) is 15.2. The lowest BCUT2D eigenvalue weighted by molar-refractivity contribution is 0.219. The van der Waals surface area contributed by atoms with Crippen molar-refractivity contribution in [1.82, 2.24) is 24.2 Å². The standard InChI is InChI=1S/C24H22FN5O/c25-18-4-5-21-19(12-18)20-15-28-10-7-17(8-11-28)24(20)29(21)14-16-3-6-22(26-13-16)30-23(31)2-1-9-27-30/h1-6,9,12-13,17H,7-8,10-11,14-15H2. The van der Waals surface area contributed by atoms with Crippen LogP contribution in [0.5, 0.6) is 0 Å². The lowest BCUT2D eigenvalue weighted by Gasteiger charge is -2.27. The summed E-state index contributed by atoms with van der Waals surface area (Å²) < 4.78 is 17.8. The molecule has 4 aromatic rings. The number of benzene rings is 1. The molecule has 3 aliphatic heterocycles. The van der Waals surface area contributed by atoms with Gasteiger partial charge in [-0.25, -0.2) is 9.37 Å². The summed E-state index contributed by atoms with van der Waals surface area (Å²) in [6, 6.07) is 12.0. The van der Waals surface area contributed by atoms with Gasteiger partial charge < -0.3 is 4.57 Å². The van der Waals surface area contributed by atoms with E-state index in [0.29, 0.717) is 18.3 Å². The first kappa shape index (κ1) is 18.4. The largest absolute Gasteiger partial charge is 0.339 e. The number of hydrogen-bond acceptors (Lipinski definition) is 4. The van der Waals surface area contributed by atoms with Crippen LogP contribution in [0.15, 0.2) is 59.7 Å². The molecule has 0 saturated carbocycles. The average Bonchev–Trinajstić information content (AvgIpc) is 2.92. The molecule has 0 amide bonds. The molecule has 6 nitrogen and oxygen atoms in total. The molecule has 0 unspecified atom stereocenters. The molecule has 0 atom stereocenters. The lowest BCUT2D eigenvalue weighted by atomic mass is 9.94. The zero-order valence-corrected chi connectivity index (χ0v) is 17.0.